The fraction of sp³-hybridized carbons (Fsp3) is 0.0588. The number of amides is 1. The number of primary amides is 1. The zero-order chi connectivity index (χ0) is 15.9. The Morgan fingerprint density at radius 3 is 2.36 bits per heavy atom. The van der Waals surface area contributed by atoms with Crippen molar-refractivity contribution in [3.8, 4) is 11.8 Å². The molecule has 0 atom stereocenters. The van der Waals surface area contributed by atoms with Gasteiger partial charge in [-0.15, -0.1) is 0 Å². The van der Waals surface area contributed by atoms with Gasteiger partial charge in [0.05, 0.1) is 11.6 Å². The quantitative estimate of drug-likeness (QED) is 0.680. The van der Waals surface area contributed by atoms with Crippen LogP contribution >= 0.6 is 11.6 Å². The summed E-state index contributed by atoms with van der Waals surface area (Å²) in [4.78, 5) is 10.6. The largest absolute Gasteiger partial charge is 0.484 e. The van der Waals surface area contributed by atoms with Gasteiger partial charge in [-0.2, -0.15) is 5.26 Å². The third-order valence-electron chi connectivity index (χ3n) is 2.85. The second kappa shape index (κ2) is 7.30. The van der Waals surface area contributed by atoms with Crippen LogP contribution in [0, 0.1) is 11.3 Å². The topological polar surface area (TPSA) is 76.1 Å². The molecule has 2 aromatic carbocycles. The minimum atomic E-state index is -0.529. The van der Waals surface area contributed by atoms with Gasteiger partial charge < -0.3 is 10.5 Å². The zero-order valence-electron chi connectivity index (χ0n) is 11.6. The summed E-state index contributed by atoms with van der Waals surface area (Å²) in [6.07, 6.45) is 1.76. The minimum absolute atomic E-state index is 0.163. The third kappa shape index (κ3) is 4.37. The monoisotopic (exact) mass is 312 g/mol. The highest BCUT2D eigenvalue weighted by atomic mass is 35.5. The van der Waals surface area contributed by atoms with E-state index in [1.54, 1.807) is 54.6 Å². The van der Waals surface area contributed by atoms with Gasteiger partial charge >= 0.3 is 0 Å². The van der Waals surface area contributed by atoms with Crippen LogP contribution in [-0.4, -0.2) is 12.5 Å². The van der Waals surface area contributed by atoms with Gasteiger partial charge in [0.25, 0.3) is 5.91 Å². The molecule has 1 amide bonds. The fourth-order valence-electron chi connectivity index (χ4n) is 1.79. The Balaban J connectivity index is 2.18. The molecular formula is C17H13ClN2O2. The van der Waals surface area contributed by atoms with Crippen molar-refractivity contribution in [3.05, 3.63) is 64.7 Å². The molecule has 0 aliphatic heterocycles. The SMILES string of the molecule is N#CC(=Cc1ccc(OCC(N)=O)cc1)c1ccc(Cl)cc1. The van der Waals surface area contributed by atoms with Gasteiger partial charge in [0.1, 0.15) is 5.75 Å². The second-order valence-corrected chi connectivity index (χ2v) is 4.94. The molecule has 2 aromatic rings. The molecule has 0 bridgehead atoms. The lowest BCUT2D eigenvalue weighted by Gasteiger charge is -2.04. The number of carbonyl (C=O) groups is 1. The highest BCUT2D eigenvalue weighted by molar-refractivity contribution is 6.30. The van der Waals surface area contributed by atoms with E-state index in [1.165, 1.54) is 0 Å². The number of nitrogens with zero attached hydrogens (tertiary/aromatic N) is 1. The van der Waals surface area contributed by atoms with Crippen LogP contribution in [0.4, 0.5) is 0 Å². The number of ether oxygens (including phenoxy) is 1. The number of rotatable bonds is 5. The van der Waals surface area contributed by atoms with Crippen molar-refractivity contribution in [2.75, 3.05) is 6.61 Å². The van der Waals surface area contributed by atoms with E-state index in [2.05, 4.69) is 6.07 Å². The molecule has 110 valence electrons. The van der Waals surface area contributed by atoms with Gasteiger partial charge in [-0.1, -0.05) is 35.9 Å². The van der Waals surface area contributed by atoms with Crippen molar-refractivity contribution < 1.29 is 9.53 Å². The molecule has 0 aromatic heterocycles. The van der Waals surface area contributed by atoms with E-state index in [-0.39, 0.29) is 6.61 Å². The van der Waals surface area contributed by atoms with Gasteiger partial charge in [0, 0.05) is 5.02 Å². The van der Waals surface area contributed by atoms with Crippen LogP contribution in [0.15, 0.2) is 48.5 Å². The van der Waals surface area contributed by atoms with Crippen molar-refractivity contribution in [1.29, 1.82) is 5.26 Å². The van der Waals surface area contributed by atoms with E-state index in [0.29, 0.717) is 16.3 Å². The minimum Gasteiger partial charge on any atom is -0.484 e. The van der Waals surface area contributed by atoms with E-state index in [9.17, 15) is 10.1 Å². The lowest BCUT2D eigenvalue weighted by Crippen LogP contribution is -2.19. The molecule has 0 radical (unpaired) electrons. The Labute approximate surface area is 133 Å². The summed E-state index contributed by atoms with van der Waals surface area (Å²) in [5.41, 5.74) is 7.18. The number of allylic oxidation sites excluding steroid dienone is 1. The smallest absolute Gasteiger partial charge is 0.255 e. The van der Waals surface area contributed by atoms with Crippen LogP contribution in [0.2, 0.25) is 5.02 Å². The predicted molar refractivity (Wildman–Crippen MR) is 86.1 cm³/mol. The van der Waals surface area contributed by atoms with E-state index in [4.69, 9.17) is 22.1 Å². The van der Waals surface area contributed by atoms with E-state index < -0.39 is 5.91 Å². The summed E-state index contributed by atoms with van der Waals surface area (Å²) in [5.74, 6) is 0.0134. The molecule has 4 nitrogen and oxygen atoms in total. The van der Waals surface area contributed by atoms with Crippen LogP contribution in [0.25, 0.3) is 11.6 Å². The number of carbonyl (C=O) groups excluding carboxylic acids is 1. The van der Waals surface area contributed by atoms with E-state index >= 15 is 0 Å². The Kier molecular flexibility index (Phi) is 5.18. The van der Waals surface area contributed by atoms with Crippen molar-refractivity contribution in [3.63, 3.8) is 0 Å². The summed E-state index contributed by atoms with van der Waals surface area (Å²) < 4.78 is 5.18. The summed E-state index contributed by atoms with van der Waals surface area (Å²) in [6, 6.07) is 16.2. The molecule has 2 rings (SSSR count). The molecule has 5 heteroatoms. The Hall–Kier alpha value is -2.77. The third-order valence-corrected chi connectivity index (χ3v) is 3.10. The molecule has 0 heterocycles. The van der Waals surface area contributed by atoms with Crippen LogP contribution in [-0.2, 0) is 4.79 Å². The molecule has 0 aliphatic carbocycles. The molecule has 0 saturated heterocycles. The molecular weight excluding hydrogens is 300 g/mol. The number of hydrogen-bond acceptors (Lipinski definition) is 3. The van der Waals surface area contributed by atoms with Crippen LogP contribution < -0.4 is 10.5 Å². The first kappa shape index (κ1) is 15.6. The standard InChI is InChI=1S/C17H13ClN2O2/c18-15-5-3-13(4-6-15)14(10-19)9-12-1-7-16(8-2-12)22-11-17(20)21/h1-9H,11H2,(H2,20,21). The first-order valence-electron chi connectivity index (χ1n) is 6.47. The molecule has 0 aliphatic rings. The summed E-state index contributed by atoms with van der Waals surface area (Å²) in [6.45, 7) is -0.163. The Morgan fingerprint density at radius 2 is 1.82 bits per heavy atom. The lowest BCUT2D eigenvalue weighted by molar-refractivity contribution is -0.119. The normalized spacial score (nSPS) is 10.8. The van der Waals surface area contributed by atoms with Crippen LogP contribution in [0.3, 0.4) is 0 Å². The van der Waals surface area contributed by atoms with E-state index in [1.807, 2.05) is 0 Å². The van der Waals surface area contributed by atoms with Crippen molar-refractivity contribution >= 4 is 29.2 Å². The maximum atomic E-state index is 10.6. The highest BCUT2D eigenvalue weighted by Gasteiger charge is 2.02. The Bertz CT molecular complexity index is 729. The average Bonchev–Trinajstić information content (AvgIpc) is 2.52. The van der Waals surface area contributed by atoms with Gasteiger partial charge in [0.15, 0.2) is 6.61 Å². The van der Waals surface area contributed by atoms with Gasteiger partial charge in [-0.3, -0.25) is 4.79 Å². The number of nitriles is 1. The number of nitrogens with two attached hydrogens (primary N) is 1. The van der Waals surface area contributed by atoms with Crippen molar-refractivity contribution in [2.24, 2.45) is 5.73 Å². The second-order valence-electron chi connectivity index (χ2n) is 4.50. The molecule has 0 unspecified atom stereocenters. The van der Waals surface area contributed by atoms with Gasteiger partial charge in [0.2, 0.25) is 0 Å². The summed E-state index contributed by atoms with van der Waals surface area (Å²) in [7, 11) is 0. The molecule has 22 heavy (non-hydrogen) atoms. The summed E-state index contributed by atoms with van der Waals surface area (Å²) >= 11 is 5.84. The lowest BCUT2D eigenvalue weighted by atomic mass is 10.0. The van der Waals surface area contributed by atoms with E-state index in [0.717, 1.165) is 11.1 Å². The first-order chi connectivity index (χ1) is 10.6. The number of hydrogen-bond donors (Lipinski definition) is 1. The Morgan fingerprint density at radius 1 is 1.18 bits per heavy atom. The van der Waals surface area contributed by atoms with Gasteiger partial charge in [-0.05, 0) is 41.5 Å². The number of halogens is 1. The molecule has 0 spiro atoms. The zero-order valence-corrected chi connectivity index (χ0v) is 12.4. The predicted octanol–water partition coefficient (Wildman–Crippen LogP) is 3.27. The first-order valence-corrected chi connectivity index (χ1v) is 6.85. The fourth-order valence-corrected chi connectivity index (χ4v) is 1.92. The molecule has 0 saturated carbocycles. The maximum Gasteiger partial charge on any atom is 0.255 e. The highest BCUT2D eigenvalue weighted by Crippen LogP contribution is 2.21. The average molecular weight is 313 g/mol. The van der Waals surface area contributed by atoms with Crippen molar-refractivity contribution in [2.45, 2.75) is 0 Å². The van der Waals surface area contributed by atoms with Crippen molar-refractivity contribution in [1.82, 2.24) is 0 Å². The van der Waals surface area contributed by atoms with Gasteiger partial charge in [-0.25, -0.2) is 0 Å². The molecule has 0 fully saturated rings. The maximum absolute atomic E-state index is 10.6. The summed E-state index contributed by atoms with van der Waals surface area (Å²) in [5, 5.41) is 9.90. The molecule has 2 N–H and O–H groups in total. The number of benzene rings is 2. The van der Waals surface area contributed by atoms with Crippen LogP contribution in [0.5, 0.6) is 5.75 Å². The van der Waals surface area contributed by atoms with Crippen LogP contribution in [0.1, 0.15) is 11.1 Å².